The maximum atomic E-state index is 12.9. The zero-order valence-electron chi connectivity index (χ0n) is 17.9. The fourth-order valence-electron chi connectivity index (χ4n) is 6.61. The van der Waals surface area contributed by atoms with Crippen molar-refractivity contribution in [3.05, 3.63) is 69.8 Å². The summed E-state index contributed by atoms with van der Waals surface area (Å²) in [5, 5.41) is 21.8. The molecule has 0 aliphatic heterocycles. The van der Waals surface area contributed by atoms with Crippen molar-refractivity contribution in [2.24, 2.45) is 17.3 Å². The number of carbonyl (C=O) groups excluding carboxylic acids is 1. The van der Waals surface area contributed by atoms with Gasteiger partial charge in [-0.25, -0.2) is 0 Å². The number of aliphatic hydroxyl groups is 1. The van der Waals surface area contributed by atoms with E-state index in [9.17, 15) is 15.0 Å². The largest absolute Gasteiger partial charge is 0.507 e. The van der Waals surface area contributed by atoms with Gasteiger partial charge in [0.1, 0.15) is 5.75 Å². The standard InChI is InChI=1S/C27H29ClO3/c1-27-13-12-19-20(23(27)9-11-26(27)31)8-5-17-14-25(30)22(15-21(17)19)24(29)10-4-16-2-6-18(28)7-3-16/h2-4,6-7,10,14-15,19-20,23,26,30-31H,5,8-9,11-13H2,1H3/b10-4+/t19-,20+,23-,26-,27-/m0/s1. The second-order valence-corrected chi connectivity index (χ2v) is 10.3. The number of phenolic OH excluding ortho intramolecular Hbond substituents is 1. The van der Waals surface area contributed by atoms with Gasteiger partial charge in [-0.2, -0.15) is 0 Å². The molecular weight excluding hydrogens is 408 g/mol. The van der Waals surface area contributed by atoms with Crippen LogP contribution in [0.5, 0.6) is 5.75 Å². The summed E-state index contributed by atoms with van der Waals surface area (Å²) < 4.78 is 0. The molecule has 0 amide bonds. The van der Waals surface area contributed by atoms with E-state index in [0.717, 1.165) is 44.1 Å². The molecule has 3 nitrogen and oxygen atoms in total. The Labute approximate surface area is 188 Å². The summed E-state index contributed by atoms with van der Waals surface area (Å²) in [7, 11) is 0. The predicted molar refractivity (Wildman–Crippen MR) is 124 cm³/mol. The first kappa shape index (κ1) is 20.8. The van der Waals surface area contributed by atoms with Crippen molar-refractivity contribution in [1.29, 1.82) is 0 Å². The lowest BCUT2D eigenvalue weighted by molar-refractivity contribution is -0.0226. The molecule has 0 spiro atoms. The minimum Gasteiger partial charge on any atom is -0.507 e. The van der Waals surface area contributed by atoms with Crippen LogP contribution in [-0.2, 0) is 6.42 Å². The molecule has 0 radical (unpaired) electrons. The lowest BCUT2D eigenvalue weighted by atomic mass is 9.55. The highest BCUT2D eigenvalue weighted by Crippen LogP contribution is 2.61. The van der Waals surface area contributed by atoms with Gasteiger partial charge in [-0.15, -0.1) is 0 Å². The van der Waals surface area contributed by atoms with Gasteiger partial charge in [0.2, 0.25) is 0 Å². The van der Waals surface area contributed by atoms with Crippen molar-refractivity contribution in [1.82, 2.24) is 0 Å². The highest BCUT2D eigenvalue weighted by Gasteiger charge is 2.54. The number of aliphatic hydroxyl groups excluding tert-OH is 1. The van der Waals surface area contributed by atoms with Crippen LogP contribution < -0.4 is 0 Å². The number of halogens is 1. The molecular formula is C27H29ClO3. The number of aromatic hydroxyl groups is 1. The average molecular weight is 437 g/mol. The predicted octanol–water partition coefficient (Wildman–Crippen LogP) is 6.16. The summed E-state index contributed by atoms with van der Waals surface area (Å²) in [4.78, 5) is 12.9. The molecule has 2 N–H and O–H groups in total. The van der Waals surface area contributed by atoms with Crippen LogP contribution >= 0.6 is 11.6 Å². The van der Waals surface area contributed by atoms with Crippen LogP contribution in [0.25, 0.3) is 6.08 Å². The molecule has 0 heterocycles. The molecule has 5 atom stereocenters. The Morgan fingerprint density at radius 2 is 1.90 bits per heavy atom. The number of carbonyl (C=O) groups is 1. The van der Waals surface area contributed by atoms with E-state index < -0.39 is 0 Å². The summed E-state index contributed by atoms with van der Waals surface area (Å²) >= 11 is 5.93. The zero-order valence-corrected chi connectivity index (χ0v) is 18.6. The SMILES string of the molecule is C[C@]12CC[C@@H]3c4cc(C(=O)/C=C/c5ccc(Cl)cc5)c(O)cc4CC[C@H]3[C@@H]1CC[C@@H]2O. The molecule has 162 valence electrons. The molecule has 2 aromatic carbocycles. The lowest BCUT2D eigenvalue weighted by Crippen LogP contribution is -2.43. The van der Waals surface area contributed by atoms with E-state index in [2.05, 4.69) is 6.92 Å². The maximum Gasteiger partial charge on any atom is 0.189 e. The third-order valence-electron chi connectivity index (χ3n) is 8.35. The normalized spacial score (nSPS) is 31.8. The molecule has 2 fully saturated rings. The van der Waals surface area contributed by atoms with Crippen LogP contribution in [0.2, 0.25) is 5.02 Å². The topological polar surface area (TPSA) is 57.5 Å². The Morgan fingerprint density at radius 1 is 1.13 bits per heavy atom. The fourth-order valence-corrected chi connectivity index (χ4v) is 6.74. The number of hydrogen-bond donors (Lipinski definition) is 2. The van der Waals surface area contributed by atoms with Gasteiger partial charge >= 0.3 is 0 Å². The van der Waals surface area contributed by atoms with Crippen molar-refractivity contribution >= 4 is 23.5 Å². The Morgan fingerprint density at radius 3 is 2.68 bits per heavy atom. The minimum absolute atomic E-state index is 0.0373. The van der Waals surface area contributed by atoms with Crippen LogP contribution in [0.15, 0.2) is 42.5 Å². The quantitative estimate of drug-likeness (QED) is 0.447. The number of aryl methyl sites for hydroxylation is 1. The summed E-state index contributed by atoms with van der Waals surface area (Å²) in [6, 6.07) is 11.1. The van der Waals surface area contributed by atoms with Crippen LogP contribution in [-0.4, -0.2) is 22.1 Å². The van der Waals surface area contributed by atoms with E-state index in [1.165, 1.54) is 17.2 Å². The van der Waals surface area contributed by atoms with Gasteiger partial charge in [-0.05, 0) is 109 Å². The van der Waals surface area contributed by atoms with Crippen molar-refractivity contribution in [3.8, 4) is 5.75 Å². The maximum absolute atomic E-state index is 12.9. The summed E-state index contributed by atoms with van der Waals surface area (Å²) in [5.74, 6) is 1.40. The average Bonchev–Trinajstić information content (AvgIpc) is 3.07. The molecule has 0 bridgehead atoms. The molecule has 3 aliphatic rings. The van der Waals surface area contributed by atoms with Crippen molar-refractivity contribution in [3.63, 3.8) is 0 Å². The van der Waals surface area contributed by atoms with Gasteiger partial charge in [0, 0.05) is 5.02 Å². The highest BCUT2D eigenvalue weighted by molar-refractivity contribution is 6.30. The van der Waals surface area contributed by atoms with Gasteiger partial charge in [0.05, 0.1) is 11.7 Å². The smallest absolute Gasteiger partial charge is 0.189 e. The summed E-state index contributed by atoms with van der Waals surface area (Å²) in [5.41, 5.74) is 3.72. The Kier molecular flexibility index (Phi) is 5.22. The number of fused-ring (bicyclic) bond motifs is 5. The van der Waals surface area contributed by atoms with Gasteiger partial charge < -0.3 is 10.2 Å². The van der Waals surface area contributed by atoms with Gasteiger partial charge in [-0.1, -0.05) is 36.7 Å². The Balaban J connectivity index is 1.43. The van der Waals surface area contributed by atoms with Gasteiger partial charge in [0.25, 0.3) is 0 Å². The van der Waals surface area contributed by atoms with Crippen molar-refractivity contribution in [2.45, 2.75) is 57.5 Å². The van der Waals surface area contributed by atoms with Crippen LogP contribution in [0, 0.1) is 17.3 Å². The van der Waals surface area contributed by atoms with Crippen molar-refractivity contribution < 1.29 is 15.0 Å². The number of allylic oxidation sites excluding steroid dienone is 1. The van der Waals surface area contributed by atoms with Crippen LogP contribution in [0.3, 0.4) is 0 Å². The molecule has 4 heteroatoms. The number of hydrogen-bond acceptors (Lipinski definition) is 3. The van der Waals surface area contributed by atoms with Crippen LogP contribution in [0.4, 0.5) is 0 Å². The number of phenols is 1. The monoisotopic (exact) mass is 436 g/mol. The lowest BCUT2D eigenvalue weighted by Gasteiger charge is -2.50. The number of ketones is 1. The van der Waals surface area contributed by atoms with Crippen molar-refractivity contribution in [2.75, 3.05) is 0 Å². The van der Waals surface area contributed by atoms with Gasteiger partial charge in [0.15, 0.2) is 5.78 Å². The van der Waals surface area contributed by atoms with E-state index in [0.29, 0.717) is 28.3 Å². The molecule has 0 unspecified atom stereocenters. The van der Waals surface area contributed by atoms with E-state index in [1.807, 2.05) is 24.3 Å². The number of benzene rings is 2. The second-order valence-electron chi connectivity index (χ2n) is 9.87. The Bertz CT molecular complexity index is 1040. The molecule has 31 heavy (non-hydrogen) atoms. The Hall–Kier alpha value is -2.10. The molecule has 2 aromatic rings. The van der Waals surface area contributed by atoms with Gasteiger partial charge in [-0.3, -0.25) is 4.79 Å². The summed E-state index contributed by atoms with van der Waals surface area (Å²) in [6.45, 7) is 2.27. The molecule has 3 aliphatic carbocycles. The van der Waals surface area contributed by atoms with E-state index in [1.54, 1.807) is 18.2 Å². The minimum atomic E-state index is -0.186. The first-order valence-corrected chi connectivity index (χ1v) is 11.8. The van der Waals surface area contributed by atoms with E-state index in [4.69, 9.17) is 11.6 Å². The highest BCUT2D eigenvalue weighted by atomic mass is 35.5. The first-order chi connectivity index (χ1) is 14.9. The molecule has 5 rings (SSSR count). The number of rotatable bonds is 3. The molecule has 0 aromatic heterocycles. The van der Waals surface area contributed by atoms with E-state index >= 15 is 0 Å². The molecule has 0 saturated heterocycles. The zero-order chi connectivity index (χ0) is 21.8. The summed E-state index contributed by atoms with van der Waals surface area (Å²) in [6.07, 6.45) is 9.21. The first-order valence-electron chi connectivity index (χ1n) is 11.4. The van der Waals surface area contributed by atoms with E-state index in [-0.39, 0.29) is 23.1 Å². The molecule has 2 saturated carbocycles. The fraction of sp³-hybridized carbons (Fsp3) is 0.444. The third kappa shape index (κ3) is 3.52. The van der Waals surface area contributed by atoms with Crippen LogP contribution in [0.1, 0.15) is 72.0 Å². The third-order valence-corrected chi connectivity index (χ3v) is 8.61. The second kappa shape index (κ2) is 7.79.